The molecular formula is C16H24N2O2S. The van der Waals surface area contributed by atoms with Crippen molar-refractivity contribution in [2.24, 2.45) is 5.92 Å². The smallest absolute Gasteiger partial charge is 0.175 e. The summed E-state index contributed by atoms with van der Waals surface area (Å²) in [4.78, 5) is 2.73. The Balaban J connectivity index is 1.92. The van der Waals surface area contributed by atoms with Gasteiger partial charge in [0.25, 0.3) is 0 Å². The number of hydrogen-bond donors (Lipinski definition) is 1. The molecule has 1 aliphatic heterocycles. The van der Waals surface area contributed by atoms with Gasteiger partial charge in [0.2, 0.25) is 0 Å². The molecule has 21 heavy (non-hydrogen) atoms. The van der Waals surface area contributed by atoms with E-state index in [1.807, 2.05) is 6.07 Å². The Labute approximate surface area is 127 Å². The van der Waals surface area contributed by atoms with E-state index >= 15 is 0 Å². The van der Waals surface area contributed by atoms with Crippen molar-refractivity contribution < 1.29 is 8.42 Å². The molecule has 0 radical (unpaired) electrons. The Morgan fingerprint density at radius 1 is 1.14 bits per heavy atom. The van der Waals surface area contributed by atoms with Gasteiger partial charge in [-0.05, 0) is 49.8 Å². The molecule has 1 saturated heterocycles. The topological polar surface area (TPSA) is 63.4 Å². The van der Waals surface area contributed by atoms with Crippen LogP contribution in [0.5, 0.6) is 0 Å². The summed E-state index contributed by atoms with van der Waals surface area (Å²) < 4.78 is 23.3. The minimum absolute atomic E-state index is 0.306. The van der Waals surface area contributed by atoms with Gasteiger partial charge in [-0.2, -0.15) is 0 Å². The zero-order valence-electron chi connectivity index (χ0n) is 12.6. The van der Waals surface area contributed by atoms with E-state index in [1.165, 1.54) is 44.8 Å². The van der Waals surface area contributed by atoms with Crippen molar-refractivity contribution in [2.75, 3.05) is 23.4 Å². The van der Waals surface area contributed by atoms with E-state index in [9.17, 15) is 8.42 Å². The van der Waals surface area contributed by atoms with Gasteiger partial charge in [-0.1, -0.05) is 12.8 Å². The zero-order valence-corrected chi connectivity index (χ0v) is 13.4. The van der Waals surface area contributed by atoms with Crippen molar-refractivity contribution in [2.45, 2.75) is 49.5 Å². The molecule has 0 amide bonds. The summed E-state index contributed by atoms with van der Waals surface area (Å²) >= 11 is 0. The number of hydrogen-bond acceptors (Lipinski definition) is 4. The van der Waals surface area contributed by atoms with Crippen LogP contribution in [0.15, 0.2) is 23.1 Å². The summed E-state index contributed by atoms with van der Waals surface area (Å²) in [6, 6.07) is 5.77. The van der Waals surface area contributed by atoms with Gasteiger partial charge in [-0.25, -0.2) is 8.42 Å². The van der Waals surface area contributed by atoms with Crippen LogP contribution in [0.1, 0.15) is 38.5 Å². The molecule has 1 aromatic rings. The Hall–Kier alpha value is -1.23. The van der Waals surface area contributed by atoms with Crippen molar-refractivity contribution in [1.29, 1.82) is 0 Å². The van der Waals surface area contributed by atoms with Crippen molar-refractivity contribution in [3.05, 3.63) is 18.2 Å². The van der Waals surface area contributed by atoms with Gasteiger partial charge in [0.15, 0.2) is 9.84 Å². The average Bonchev–Trinajstić information content (AvgIpc) is 2.46. The fraction of sp³-hybridized carbons (Fsp3) is 0.625. The number of fused-ring (bicyclic) bond motifs is 1. The van der Waals surface area contributed by atoms with Crippen LogP contribution < -0.4 is 10.6 Å². The molecule has 1 saturated carbocycles. The molecule has 0 unspecified atom stereocenters. The number of nitrogen functional groups attached to an aromatic ring is 1. The highest BCUT2D eigenvalue weighted by molar-refractivity contribution is 7.90. The first-order chi connectivity index (χ1) is 9.97. The number of sulfone groups is 1. The molecule has 0 bridgehead atoms. The summed E-state index contributed by atoms with van der Waals surface area (Å²) in [5.74, 6) is 0.779. The standard InChI is InChI=1S/C16H24N2O2S/c1-21(19,20)13-8-9-16(14(17)11-13)18-10-4-6-12-5-2-3-7-15(12)18/h8-9,11-12,15H,2-7,10,17H2,1H3/t12-,15-/m1/s1. The van der Waals surface area contributed by atoms with Crippen LogP contribution in [-0.4, -0.2) is 27.3 Å². The Kier molecular flexibility index (Phi) is 3.86. The van der Waals surface area contributed by atoms with Crippen molar-refractivity contribution >= 4 is 21.2 Å². The Morgan fingerprint density at radius 3 is 2.57 bits per heavy atom. The van der Waals surface area contributed by atoms with E-state index in [-0.39, 0.29) is 0 Å². The van der Waals surface area contributed by atoms with Crippen molar-refractivity contribution in [3.63, 3.8) is 0 Å². The lowest BCUT2D eigenvalue weighted by atomic mass is 9.78. The Bertz CT molecular complexity index is 625. The number of rotatable bonds is 2. The number of piperidine rings is 1. The van der Waals surface area contributed by atoms with Gasteiger partial charge in [-0.3, -0.25) is 0 Å². The first-order valence-corrected chi connectivity index (χ1v) is 9.72. The monoisotopic (exact) mass is 308 g/mol. The van der Waals surface area contributed by atoms with Crippen molar-refractivity contribution in [3.8, 4) is 0 Å². The molecule has 1 aromatic carbocycles. The molecule has 0 aromatic heterocycles. The van der Waals surface area contributed by atoms with Gasteiger partial charge in [0.1, 0.15) is 0 Å². The summed E-state index contributed by atoms with van der Waals surface area (Å²) in [6.45, 7) is 1.03. The molecular weight excluding hydrogens is 284 g/mol. The predicted molar refractivity (Wildman–Crippen MR) is 86.3 cm³/mol. The van der Waals surface area contributed by atoms with E-state index < -0.39 is 9.84 Å². The van der Waals surface area contributed by atoms with Crippen LogP contribution in [0.2, 0.25) is 0 Å². The van der Waals surface area contributed by atoms with E-state index in [4.69, 9.17) is 5.73 Å². The lowest BCUT2D eigenvalue weighted by Crippen LogP contribution is -2.47. The number of nitrogens with two attached hydrogens (primary N) is 1. The average molecular weight is 308 g/mol. The fourth-order valence-corrected chi connectivity index (χ4v) is 4.60. The summed E-state index contributed by atoms with van der Waals surface area (Å²) in [5.41, 5.74) is 7.76. The first kappa shape index (κ1) is 14.7. The van der Waals surface area contributed by atoms with Crippen molar-refractivity contribution in [1.82, 2.24) is 0 Å². The van der Waals surface area contributed by atoms with Crippen LogP contribution in [0.3, 0.4) is 0 Å². The van der Waals surface area contributed by atoms with Gasteiger partial charge in [0, 0.05) is 18.8 Å². The predicted octanol–water partition coefficient (Wildman–Crippen LogP) is 2.83. The molecule has 1 heterocycles. The third-order valence-electron chi connectivity index (χ3n) is 4.98. The summed E-state index contributed by atoms with van der Waals surface area (Å²) in [6.07, 6.45) is 8.94. The SMILES string of the molecule is CS(=O)(=O)c1ccc(N2CCC[C@H]3CCCC[C@H]32)c(N)c1. The fourth-order valence-electron chi connectivity index (χ4n) is 3.95. The van der Waals surface area contributed by atoms with Crippen LogP contribution in [-0.2, 0) is 9.84 Å². The molecule has 5 heteroatoms. The zero-order chi connectivity index (χ0) is 15.0. The number of benzene rings is 1. The third-order valence-corrected chi connectivity index (χ3v) is 6.09. The first-order valence-electron chi connectivity index (χ1n) is 7.83. The summed E-state index contributed by atoms with van der Waals surface area (Å²) in [5, 5.41) is 0. The van der Waals surface area contributed by atoms with E-state index in [0.717, 1.165) is 18.2 Å². The number of anilines is 2. The Morgan fingerprint density at radius 2 is 1.86 bits per heavy atom. The molecule has 116 valence electrons. The van der Waals surface area contributed by atoms with Gasteiger partial charge in [-0.15, -0.1) is 0 Å². The molecule has 4 nitrogen and oxygen atoms in total. The molecule has 1 aliphatic carbocycles. The lowest BCUT2D eigenvalue weighted by molar-refractivity contribution is 0.244. The molecule has 2 aliphatic rings. The minimum Gasteiger partial charge on any atom is -0.397 e. The molecule has 0 spiro atoms. The number of nitrogens with zero attached hydrogens (tertiary/aromatic N) is 1. The quantitative estimate of drug-likeness (QED) is 0.853. The second-order valence-electron chi connectivity index (χ2n) is 6.44. The van der Waals surface area contributed by atoms with E-state index in [2.05, 4.69) is 4.90 Å². The van der Waals surface area contributed by atoms with E-state index in [1.54, 1.807) is 12.1 Å². The van der Waals surface area contributed by atoms with Crippen LogP contribution >= 0.6 is 0 Å². The largest absolute Gasteiger partial charge is 0.397 e. The van der Waals surface area contributed by atoms with Gasteiger partial charge < -0.3 is 10.6 Å². The van der Waals surface area contributed by atoms with Crippen LogP contribution in [0.4, 0.5) is 11.4 Å². The van der Waals surface area contributed by atoms with Gasteiger partial charge >= 0.3 is 0 Å². The second-order valence-corrected chi connectivity index (χ2v) is 8.46. The highest BCUT2D eigenvalue weighted by Gasteiger charge is 2.34. The highest BCUT2D eigenvalue weighted by Crippen LogP contribution is 2.39. The maximum Gasteiger partial charge on any atom is 0.175 e. The highest BCUT2D eigenvalue weighted by atomic mass is 32.2. The van der Waals surface area contributed by atoms with E-state index in [0.29, 0.717) is 16.6 Å². The minimum atomic E-state index is -3.19. The maximum atomic E-state index is 11.6. The molecule has 2 atom stereocenters. The lowest BCUT2D eigenvalue weighted by Gasteiger charge is -2.45. The van der Waals surface area contributed by atoms with Crippen LogP contribution in [0, 0.1) is 5.92 Å². The van der Waals surface area contributed by atoms with Gasteiger partial charge in [0.05, 0.1) is 16.3 Å². The molecule has 2 N–H and O–H groups in total. The normalized spacial score (nSPS) is 26.4. The van der Waals surface area contributed by atoms with Crippen LogP contribution in [0.25, 0.3) is 0 Å². The third kappa shape index (κ3) is 2.89. The second kappa shape index (κ2) is 5.52. The molecule has 3 rings (SSSR count). The summed E-state index contributed by atoms with van der Waals surface area (Å²) in [7, 11) is -3.19. The molecule has 2 fully saturated rings. The maximum absolute atomic E-state index is 11.6.